The maximum absolute atomic E-state index is 12.3. The van der Waals surface area contributed by atoms with Crippen LogP contribution >= 0.6 is 0 Å². The second-order valence-electron chi connectivity index (χ2n) is 4.86. The fraction of sp³-hybridized carbons (Fsp3) is 0.188. The summed E-state index contributed by atoms with van der Waals surface area (Å²) < 4.78 is 0. The van der Waals surface area contributed by atoms with Crippen molar-refractivity contribution in [2.75, 3.05) is 24.3 Å². The van der Waals surface area contributed by atoms with Crippen molar-refractivity contribution in [1.82, 2.24) is 0 Å². The van der Waals surface area contributed by atoms with Gasteiger partial charge in [0, 0.05) is 19.7 Å². The first-order valence-corrected chi connectivity index (χ1v) is 6.36. The molecule has 0 unspecified atom stereocenters. The normalized spacial score (nSPS) is 10.2. The van der Waals surface area contributed by atoms with Crippen molar-refractivity contribution in [2.24, 2.45) is 0 Å². The molecule has 0 saturated heterocycles. The van der Waals surface area contributed by atoms with Gasteiger partial charge in [0.25, 0.3) is 5.91 Å². The molecule has 0 bridgehead atoms. The number of phenols is 1. The summed E-state index contributed by atoms with van der Waals surface area (Å²) in [6.07, 6.45) is 0. The second kappa shape index (κ2) is 5.65. The number of nitrogens with zero attached hydrogens (tertiary/aromatic N) is 1. The van der Waals surface area contributed by atoms with Crippen molar-refractivity contribution in [3.8, 4) is 5.75 Å². The van der Waals surface area contributed by atoms with E-state index in [1.165, 1.54) is 6.07 Å². The van der Waals surface area contributed by atoms with E-state index in [1.54, 1.807) is 19.1 Å². The number of hydrogen-bond donors (Lipinski definition) is 2. The van der Waals surface area contributed by atoms with E-state index in [9.17, 15) is 9.90 Å². The zero-order valence-electron chi connectivity index (χ0n) is 11.8. The average molecular weight is 270 g/mol. The number of para-hydroxylation sites is 2. The van der Waals surface area contributed by atoms with E-state index in [0.717, 1.165) is 16.9 Å². The van der Waals surface area contributed by atoms with E-state index in [4.69, 9.17) is 0 Å². The van der Waals surface area contributed by atoms with E-state index in [2.05, 4.69) is 5.32 Å². The summed E-state index contributed by atoms with van der Waals surface area (Å²) >= 11 is 0. The molecule has 2 aromatic rings. The third-order valence-corrected chi connectivity index (χ3v) is 3.09. The third kappa shape index (κ3) is 2.91. The van der Waals surface area contributed by atoms with Crippen LogP contribution < -0.4 is 10.2 Å². The predicted molar refractivity (Wildman–Crippen MR) is 81.6 cm³/mol. The number of carbonyl (C=O) groups excluding carboxylic acids is 1. The number of rotatable bonds is 3. The first-order valence-electron chi connectivity index (χ1n) is 6.36. The minimum absolute atomic E-state index is 0.160. The Morgan fingerprint density at radius 1 is 1.15 bits per heavy atom. The molecule has 0 aliphatic heterocycles. The number of benzene rings is 2. The highest BCUT2D eigenvalue weighted by atomic mass is 16.3. The van der Waals surface area contributed by atoms with Crippen molar-refractivity contribution in [2.45, 2.75) is 6.92 Å². The van der Waals surface area contributed by atoms with Crippen LogP contribution in [0.15, 0.2) is 42.5 Å². The highest BCUT2D eigenvalue weighted by molar-refractivity contribution is 6.06. The third-order valence-electron chi connectivity index (χ3n) is 3.09. The number of carbonyl (C=O) groups is 1. The van der Waals surface area contributed by atoms with Gasteiger partial charge in [-0.25, -0.2) is 0 Å². The molecule has 2 N–H and O–H groups in total. The van der Waals surface area contributed by atoms with Gasteiger partial charge in [-0.3, -0.25) is 4.79 Å². The Morgan fingerprint density at radius 3 is 2.50 bits per heavy atom. The Kier molecular flexibility index (Phi) is 3.94. The average Bonchev–Trinajstić information content (AvgIpc) is 2.38. The number of aryl methyl sites for hydroxylation is 1. The molecule has 0 spiro atoms. The van der Waals surface area contributed by atoms with E-state index in [1.807, 2.05) is 43.3 Å². The van der Waals surface area contributed by atoms with Crippen molar-refractivity contribution in [3.05, 3.63) is 53.6 Å². The van der Waals surface area contributed by atoms with Crippen LogP contribution in [0.1, 0.15) is 15.9 Å². The Bertz CT molecular complexity index is 636. The Hall–Kier alpha value is -2.49. The van der Waals surface area contributed by atoms with Gasteiger partial charge >= 0.3 is 0 Å². The van der Waals surface area contributed by atoms with Gasteiger partial charge in [0.2, 0.25) is 0 Å². The number of aromatic hydroxyl groups is 1. The van der Waals surface area contributed by atoms with Crippen molar-refractivity contribution in [1.29, 1.82) is 0 Å². The predicted octanol–water partition coefficient (Wildman–Crippen LogP) is 3.02. The van der Waals surface area contributed by atoms with Crippen LogP contribution in [0, 0.1) is 6.92 Å². The van der Waals surface area contributed by atoms with Gasteiger partial charge < -0.3 is 15.3 Å². The lowest BCUT2D eigenvalue weighted by atomic mass is 10.1. The number of amides is 1. The molecule has 0 aliphatic carbocycles. The van der Waals surface area contributed by atoms with Crippen molar-refractivity contribution >= 4 is 17.3 Å². The minimum Gasteiger partial charge on any atom is -0.508 e. The lowest BCUT2D eigenvalue weighted by Gasteiger charge is -2.18. The highest BCUT2D eigenvalue weighted by Crippen LogP contribution is 2.25. The summed E-state index contributed by atoms with van der Waals surface area (Å²) in [6.45, 7) is 1.80. The Labute approximate surface area is 118 Å². The van der Waals surface area contributed by atoms with Crippen LogP contribution in [0.5, 0.6) is 5.75 Å². The van der Waals surface area contributed by atoms with Gasteiger partial charge in [-0.2, -0.15) is 0 Å². The van der Waals surface area contributed by atoms with E-state index < -0.39 is 0 Å². The molecule has 0 saturated carbocycles. The van der Waals surface area contributed by atoms with Crippen LogP contribution in [0.3, 0.4) is 0 Å². The molecular weight excluding hydrogens is 252 g/mol. The quantitative estimate of drug-likeness (QED) is 0.901. The highest BCUT2D eigenvalue weighted by Gasteiger charge is 2.12. The fourth-order valence-corrected chi connectivity index (χ4v) is 2.06. The molecule has 104 valence electrons. The van der Waals surface area contributed by atoms with Crippen LogP contribution in [0.4, 0.5) is 11.4 Å². The Morgan fingerprint density at radius 2 is 1.85 bits per heavy atom. The summed E-state index contributed by atoms with van der Waals surface area (Å²) in [5.41, 5.74) is 2.99. The molecule has 0 aromatic heterocycles. The molecule has 4 nitrogen and oxygen atoms in total. The SMILES string of the molecule is Cc1cc(O)ccc1C(=O)Nc1ccccc1N(C)C. The van der Waals surface area contributed by atoms with Gasteiger partial charge in [-0.05, 0) is 42.8 Å². The van der Waals surface area contributed by atoms with Gasteiger partial charge in [-0.1, -0.05) is 12.1 Å². The zero-order chi connectivity index (χ0) is 14.7. The molecule has 0 atom stereocenters. The topological polar surface area (TPSA) is 52.6 Å². The van der Waals surface area contributed by atoms with E-state index in [0.29, 0.717) is 5.56 Å². The maximum atomic E-state index is 12.3. The monoisotopic (exact) mass is 270 g/mol. The molecule has 0 aliphatic rings. The fourth-order valence-electron chi connectivity index (χ4n) is 2.06. The number of hydrogen-bond acceptors (Lipinski definition) is 3. The number of anilines is 2. The largest absolute Gasteiger partial charge is 0.508 e. The van der Waals surface area contributed by atoms with Gasteiger partial charge in [0.15, 0.2) is 0 Å². The molecule has 4 heteroatoms. The lowest BCUT2D eigenvalue weighted by molar-refractivity contribution is 0.102. The van der Waals surface area contributed by atoms with E-state index >= 15 is 0 Å². The molecule has 0 heterocycles. The maximum Gasteiger partial charge on any atom is 0.255 e. The van der Waals surface area contributed by atoms with Crippen LogP contribution in [0.2, 0.25) is 0 Å². The van der Waals surface area contributed by atoms with Gasteiger partial charge in [-0.15, -0.1) is 0 Å². The van der Waals surface area contributed by atoms with Gasteiger partial charge in [0.05, 0.1) is 11.4 Å². The minimum atomic E-state index is -0.184. The molecule has 20 heavy (non-hydrogen) atoms. The smallest absolute Gasteiger partial charge is 0.255 e. The van der Waals surface area contributed by atoms with E-state index in [-0.39, 0.29) is 11.7 Å². The number of phenolic OH excluding ortho intramolecular Hbond substituents is 1. The summed E-state index contributed by atoms with van der Waals surface area (Å²) in [5, 5.41) is 12.3. The standard InChI is InChI=1S/C16H18N2O2/c1-11-10-12(19)8-9-13(11)16(20)17-14-6-4-5-7-15(14)18(2)3/h4-10,19H,1-3H3,(H,17,20). The molecule has 1 amide bonds. The Balaban J connectivity index is 2.28. The summed E-state index contributed by atoms with van der Waals surface area (Å²) in [4.78, 5) is 14.3. The van der Waals surface area contributed by atoms with Crippen LogP contribution in [0.25, 0.3) is 0 Å². The van der Waals surface area contributed by atoms with Crippen LogP contribution in [-0.4, -0.2) is 25.1 Å². The second-order valence-corrected chi connectivity index (χ2v) is 4.86. The first kappa shape index (κ1) is 13.9. The summed E-state index contributed by atoms with van der Waals surface area (Å²) in [6, 6.07) is 12.3. The molecule has 0 radical (unpaired) electrons. The van der Waals surface area contributed by atoms with Crippen molar-refractivity contribution < 1.29 is 9.90 Å². The first-order chi connectivity index (χ1) is 9.49. The molecular formula is C16H18N2O2. The molecule has 2 aromatic carbocycles. The summed E-state index contributed by atoms with van der Waals surface area (Å²) in [5.74, 6) is -0.0236. The lowest BCUT2D eigenvalue weighted by Crippen LogP contribution is -2.17. The van der Waals surface area contributed by atoms with Gasteiger partial charge in [0.1, 0.15) is 5.75 Å². The summed E-state index contributed by atoms with van der Waals surface area (Å²) in [7, 11) is 3.85. The number of nitrogens with one attached hydrogen (secondary N) is 1. The van der Waals surface area contributed by atoms with Crippen LogP contribution in [-0.2, 0) is 0 Å². The van der Waals surface area contributed by atoms with Crippen molar-refractivity contribution in [3.63, 3.8) is 0 Å². The zero-order valence-corrected chi connectivity index (χ0v) is 11.8. The molecule has 2 rings (SSSR count). The molecule has 0 fully saturated rings.